The molecular formula is C32H57NO3S. The molecule has 0 radical (unpaired) electrons. The van der Waals surface area contributed by atoms with Crippen molar-refractivity contribution in [1.82, 2.24) is 4.98 Å². The van der Waals surface area contributed by atoms with Crippen LogP contribution in [0.4, 0.5) is 0 Å². The van der Waals surface area contributed by atoms with Gasteiger partial charge in [-0.25, -0.2) is 4.98 Å². The van der Waals surface area contributed by atoms with Gasteiger partial charge in [0, 0.05) is 29.6 Å². The third-order valence-electron chi connectivity index (χ3n) is 8.14. The fourth-order valence-electron chi connectivity index (χ4n) is 4.75. The Balaban J connectivity index is 0. The predicted octanol–water partition coefficient (Wildman–Crippen LogP) is 9.73. The summed E-state index contributed by atoms with van der Waals surface area (Å²) in [5.74, 6) is 0.667. The van der Waals surface area contributed by atoms with Gasteiger partial charge in [0.1, 0.15) is 11.9 Å². The molecule has 0 unspecified atom stereocenters. The molecule has 0 aliphatic carbocycles. The molecule has 1 aliphatic rings. The molecule has 2 rings (SSSR count). The van der Waals surface area contributed by atoms with Crippen molar-refractivity contribution in [2.45, 2.75) is 123 Å². The van der Waals surface area contributed by atoms with E-state index in [-0.39, 0.29) is 58.4 Å². The second-order valence-corrected chi connectivity index (χ2v) is 12.2. The van der Waals surface area contributed by atoms with Crippen LogP contribution in [0.3, 0.4) is 0 Å². The molecular weight excluding hydrogens is 478 g/mol. The summed E-state index contributed by atoms with van der Waals surface area (Å²) in [7, 11) is 0. The predicted molar refractivity (Wildman–Crippen MR) is 163 cm³/mol. The highest BCUT2D eigenvalue weighted by atomic mass is 32.1. The van der Waals surface area contributed by atoms with Crippen molar-refractivity contribution in [1.29, 1.82) is 0 Å². The van der Waals surface area contributed by atoms with Gasteiger partial charge in [-0.2, -0.15) is 0 Å². The lowest BCUT2D eigenvalue weighted by atomic mass is 9.67. The first-order valence-electron chi connectivity index (χ1n) is 12.8. The van der Waals surface area contributed by atoms with E-state index in [4.69, 9.17) is 4.74 Å². The highest BCUT2D eigenvalue weighted by Crippen LogP contribution is 2.37. The minimum atomic E-state index is -0.585. The standard InChI is InChI=1S/C29H45NO3S.3CH4/c1-18-11-10-12-19(2)22(5)23(6)28(32)29(8,9)21(4)16-27(31)33-26(14-13-18)20(3)15-25-17-34-24(7)30-25;;;/h13,15,17,19,21-23,26H,10-12,14,16H2,1-9H3;3*1H4/b18-13-,20-15+;;;/t19-,21-,22-,23+,26-;;;/m0.../s1. The zero-order chi connectivity index (χ0) is 25.6. The largest absolute Gasteiger partial charge is 0.457 e. The highest BCUT2D eigenvalue weighted by molar-refractivity contribution is 7.09. The second kappa shape index (κ2) is 16.3. The molecule has 0 fully saturated rings. The zero-order valence-electron chi connectivity index (χ0n) is 22.7. The van der Waals surface area contributed by atoms with E-state index in [1.807, 2.05) is 46.1 Å². The smallest absolute Gasteiger partial charge is 0.306 e. The number of hydrogen-bond acceptors (Lipinski definition) is 5. The van der Waals surface area contributed by atoms with Crippen molar-refractivity contribution >= 4 is 29.2 Å². The molecule has 0 N–H and O–H groups in total. The molecule has 1 aromatic heterocycles. The summed E-state index contributed by atoms with van der Waals surface area (Å²) in [6.45, 7) is 18.7. The molecule has 5 heteroatoms. The Morgan fingerprint density at radius 3 is 2.30 bits per heavy atom. The zero-order valence-corrected chi connectivity index (χ0v) is 23.6. The van der Waals surface area contributed by atoms with Gasteiger partial charge in [0.25, 0.3) is 0 Å². The third kappa shape index (κ3) is 10.5. The van der Waals surface area contributed by atoms with Gasteiger partial charge in [-0.3, -0.25) is 9.59 Å². The lowest BCUT2D eigenvalue weighted by Gasteiger charge is -2.36. The van der Waals surface area contributed by atoms with E-state index >= 15 is 0 Å². The Hall–Kier alpha value is -1.75. The molecule has 5 atom stereocenters. The van der Waals surface area contributed by atoms with E-state index in [1.54, 1.807) is 11.3 Å². The average molecular weight is 536 g/mol. The normalized spacial score (nSPS) is 29.5. The number of rotatable bonds is 2. The minimum Gasteiger partial charge on any atom is -0.457 e. The summed E-state index contributed by atoms with van der Waals surface area (Å²) in [6.07, 6.45) is 8.04. The van der Waals surface area contributed by atoms with Gasteiger partial charge in [0.05, 0.1) is 10.7 Å². The quantitative estimate of drug-likeness (QED) is 0.279. The minimum absolute atomic E-state index is 0. The van der Waals surface area contributed by atoms with Crippen molar-refractivity contribution in [2.75, 3.05) is 0 Å². The maximum absolute atomic E-state index is 13.5. The van der Waals surface area contributed by atoms with E-state index in [2.05, 4.69) is 38.8 Å². The molecule has 1 aromatic rings. The fourth-order valence-corrected chi connectivity index (χ4v) is 5.32. The molecule has 0 bridgehead atoms. The van der Waals surface area contributed by atoms with E-state index < -0.39 is 5.41 Å². The fraction of sp³-hybridized carbons (Fsp3) is 0.719. The molecule has 0 spiro atoms. The van der Waals surface area contributed by atoms with Crippen LogP contribution in [0.5, 0.6) is 0 Å². The van der Waals surface area contributed by atoms with Crippen molar-refractivity contribution in [3.63, 3.8) is 0 Å². The van der Waals surface area contributed by atoms with Gasteiger partial charge in [0.15, 0.2) is 0 Å². The lowest BCUT2D eigenvalue weighted by Crippen LogP contribution is -2.40. The molecule has 0 saturated carbocycles. The van der Waals surface area contributed by atoms with Gasteiger partial charge in [-0.05, 0) is 63.0 Å². The van der Waals surface area contributed by atoms with Gasteiger partial charge in [0.2, 0.25) is 0 Å². The monoisotopic (exact) mass is 535 g/mol. The van der Waals surface area contributed by atoms with E-state index in [0.29, 0.717) is 18.3 Å². The summed E-state index contributed by atoms with van der Waals surface area (Å²) >= 11 is 1.61. The van der Waals surface area contributed by atoms with Crippen LogP contribution >= 0.6 is 11.3 Å². The van der Waals surface area contributed by atoms with E-state index in [9.17, 15) is 9.59 Å². The third-order valence-corrected chi connectivity index (χ3v) is 8.94. The lowest BCUT2D eigenvalue weighted by molar-refractivity contribution is -0.150. The number of allylic oxidation sites excluding steroid dienone is 1. The number of ketones is 1. The molecule has 2 heterocycles. The molecule has 0 amide bonds. The Bertz CT molecular complexity index is 911. The number of ether oxygens (including phenoxy) is 1. The number of thiazole rings is 1. The van der Waals surface area contributed by atoms with Gasteiger partial charge >= 0.3 is 5.97 Å². The molecule has 0 saturated heterocycles. The topological polar surface area (TPSA) is 56.3 Å². The number of aryl methyl sites for hydroxylation is 1. The average Bonchev–Trinajstić information content (AvgIpc) is 3.18. The Kier molecular flexibility index (Phi) is 16.4. The van der Waals surface area contributed by atoms with Crippen LogP contribution in [0, 0.1) is 36.0 Å². The van der Waals surface area contributed by atoms with E-state index in [0.717, 1.165) is 35.5 Å². The summed E-state index contributed by atoms with van der Waals surface area (Å²) in [6, 6.07) is 0. The first-order chi connectivity index (χ1) is 15.8. The number of nitrogens with zero attached hydrogens (tertiary/aromatic N) is 1. The Labute approximate surface area is 233 Å². The van der Waals surface area contributed by atoms with Gasteiger partial charge in [-0.1, -0.05) is 81.9 Å². The van der Waals surface area contributed by atoms with Gasteiger partial charge < -0.3 is 4.74 Å². The van der Waals surface area contributed by atoms with E-state index in [1.165, 1.54) is 5.57 Å². The van der Waals surface area contributed by atoms with Crippen LogP contribution in [-0.2, 0) is 14.3 Å². The number of hydrogen-bond donors (Lipinski definition) is 0. The molecule has 37 heavy (non-hydrogen) atoms. The number of carbonyl (C=O) groups is 2. The van der Waals surface area contributed by atoms with Gasteiger partial charge in [-0.15, -0.1) is 11.3 Å². The first kappa shape index (κ1) is 37.4. The van der Waals surface area contributed by atoms with Crippen LogP contribution in [-0.4, -0.2) is 22.8 Å². The van der Waals surface area contributed by atoms with Crippen molar-refractivity contribution in [2.24, 2.45) is 29.1 Å². The Morgan fingerprint density at radius 2 is 1.73 bits per heavy atom. The number of cyclic esters (lactones) is 1. The SMILES string of the molecule is C.C.C.C/C1=C/C[C@@H](/C(C)=C/c2csc(C)n2)OC(=O)C[C@H](C)C(C)(C)C(=O)[C@H](C)[C@@H](C)[C@@H](C)CCC1. The first-order valence-corrected chi connectivity index (χ1v) is 13.7. The van der Waals surface area contributed by atoms with Crippen molar-refractivity contribution < 1.29 is 14.3 Å². The summed E-state index contributed by atoms with van der Waals surface area (Å²) in [5.41, 5.74) is 2.63. The van der Waals surface area contributed by atoms with Crippen LogP contribution in [0.1, 0.15) is 120 Å². The molecule has 214 valence electrons. The van der Waals surface area contributed by atoms with Crippen LogP contribution in [0.25, 0.3) is 6.08 Å². The summed E-state index contributed by atoms with van der Waals surface area (Å²) < 4.78 is 6.02. The van der Waals surface area contributed by atoms with Crippen LogP contribution < -0.4 is 0 Å². The number of Topliss-reactive ketones (excluding diaryl/α,β-unsaturated/α-hetero) is 1. The Morgan fingerprint density at radius 1 is 1.11 bits per heavy atom. The van der Waals surface area contributed by atoms with Crippen LogP contribution in [0.15, 0.2) is 22.6 Å². The maximum atomic E-state index is 13.5. The van der Waals surface area contributed by atoms with Crippen molar-refractivity contribution in [3.05, 3.63) is 33.3 Å². The number of carbonyl (C=O) groups excluding carboxylic acids is 2. The molecule has 1 aliphatic heterocycles. The van der Waals surface area contributed by atoms with Crippen LogP contribution in [0.2, 0.25) is 0 Å². The number of aromatic nitrogens is 1. The second-order valence-electron chi connectivity index (χ2n) is 11.2. The summed E-state index contributed by atoms with van der Waals surface area (Å²) in [5, 5.41) is 3.04. The highest BCUT2D eigenvalue weighted by Gasteiger charge is 2.40. The molecule has 0 aromatic carbocycles. The van der Waals surface area contributed by atoms with Crippen molar-refractivity contribution in [3.8, 4) is 0 Å². The summed E-state index contributed by atoms with van der Waals surface area (Å²) in [4.78, 5) is 31.1. The molecule has 4 nitrogen and oxygen atoms in total. The number of esters is 1. The maximum Gasteiger partial charge on any atom is 0.306 e.